The quantitative estimate of drug-likeness (QED) is 0.651. The van der Waals surface area contributed by atoms with Crippen LogP contribution in [0.1, 0.15) is 15.9 Å². The molecule has 0 aliphatic carbocycles. The minimum Gasteiger partial charge on any atom is -0.504 e. The van der Waals surface area contributed by atoms with Gasteiger partial charge in [0.25, 0.3) is 0 Å². The summed E-state index contributed by atoms with van der Waals surface area (Å²) in [5.74, 6) is -4.22. The molecule has 0 aliphatic heterocycles. The van der Waals surface area contributed by atoms with Crippen LogP contribution in [0.25, 0.3) is 0 Å². The Kier molecular flexibility index (Phi) is 3.93. The Balaban J connectivity index is 2.21. The van der Waals surface area contributed by atoms with Crippen molar-refractivity contribution in [3.63, 3.8) is 0 Å². The average molecular weight is 295 g/mol. The zero-order chi connectivity index (χ0) is 15.6. The van der Waals surface area contributed by atoms with Crippen molar-refractivity contribution >= 4 is 11.7 Å². The van der Waals surface area contributed by atoms with Gasteiger partial charge in [0.15, 0.2) is 11.5 Å². The number of carboxylic acid groups (broad SMARTS) is 1. The molecule has 0 saturated carbocycles. The minimum absolute atomic E-state index is 0.0510. The first-order valence-corrected chi connectivity index (χ1v) is 5.85. The monoisotopic (exact) mass is 295 g/mol. The van der Waals surface area contributed by atoms with E-state index in [1.165, 1.54) is 18.2 Å². The lowest BCUT2D eigenvalue weighted by Gasteiger charge is -2.10. The number of carbonyl (C=O) groups is 1. The number of aromatic carboxylic acids is 1. The van der Waals surface area contributed by atoms with Gasteiger partial charge in [-0.2, -0.15) is 0 Å². The van der Waals surface area contributed by atoms with Crippen molar-refractivity contribution < 1.29 is 28.9 Å². The van der Waals surface area contributed by atoms with Gasteiger partial charge in [0, 0.05) is 12.6 Å². The van der Waals surface area contributed by atoms with E-state index in [0.717, 1.165) is 6.07 Å². The van der Waals surface area contributed by atoms with E-state index in [-0.39, 0.29) is 23.7 Å². The molecule has 0 aliphatic rings. The Morgan fingerprint density at radius 2 is 1.76 bits per heavy atom. The van der Waals surface area contributed by atoms with Crippen LogP contribution in [-0.2, 0) is 6.54 Å². The largest absolute Gasteiger partial charge is 0.504 e. The van der Waals surface area contributed by atoms with Crippen molar-refractivity contribution in [2.24, 2.45) is 0 Å². The van der Waals surface area contributed by atoms with Gasteiger partial charge in [-0.15, -0.1) is 0 Å². The summed E-state index contributed by atoms with van der Waals surface area (Å²) in [6.07, 6.45) is 0. The van der Waals surface area contributed by atoms with Crippen molar-refractivity contribution in [1.82, 2.24) is 0 Å². The summed E-state index contributed by atoms with van der Waals surface area (Å²) >= 11 is 0. The van der Waals surface area contributed by atoms with Gasteiger partial charge in [0.1, 0.15) is 11.6 Å². The molecular weight excluding hydrogens is 284 g/mol. The minimum atomic E-state index is -1.50. The Morgan fingerprint density at radius 1 is 1.05 bits per heavy atom. The molecule has 0 bridgehead atoms. The van der Waals surface area contributed by atoms with Crippen LogP contribution >= 0.6 is 0 Å². The summed E-state index contributed by atoms with van der Waals surface area (Å²) in [7, 11) is 0. The molecule has 4 N–H and O–H groups in total. The fraction of sp³-hybridized carbons (Fsp3) is 0.0714. The van der Waals surface area contributed by atoms with Gasteiger partial charge >= 0.3 is 5.97 Å². The van der Waals surface area contributed by atoms with E-state index in [0.29, 0.717) is 11.6 Å². The van der Waals surface area contributed by atoms with Crippen LogP contribution in [0.2, 0.25) is 0 Å². The van der Waals surface area contributed by atoms with Gasteiger partial charge in [-0.05, 0) is 23.8 Å². The number of halogens is 2. The summed E-state index contributed by atoms with van der Waals surface area (Å²) in [6, 6.07) is 5.35. The molecule has 7 heteroatoms. The smallest absolute Gasteiger partial charge is 0.338 e. The molecule has 21 heavy (non-hydrogen) atoms. The van der Waals surface area contributed by atoms with E-state index in [4.69, 9.17) is 10.2 Å². The maximum Gasteiger partial charge on any atom is 0.338 e. The van der Waals surface area contributed by atoms with Crippen molar-refractivity contribution in [3.8, 4) is 11.5 Å². The normalized spacial score (nSPS) is 10.4. The maximum atomic E-state index is 13.6. The van der Waals surface area contributed by atoms with E-state index in [1.54, 1.807) is 0 Å². The summed E-state index contributed by atoms with van der Waals surface area (Å²) in [4.78, 5) is 10.8. The lowest BCUT2D eigenvalue weighted by Crippen LogP contribution is -2.06. The van der Waals surface area contributed by atoms with Crippen LogP contribution in [0.15, 0.2) is 30.3 Å². The second-order valence-corrected chi connectivity index (χ2v) is 4.29. The lowest BCUT2D eigenvalue weighted by molar-refractivity contribution is 0.0692. The second kappa shape index (κ2) is 5.66. The molecule has 0 radical (unpaired) electrons. The lowest BCUT2D eigenvalue weighted by atomic mass is 10.1. The van der Waals surface area contributed by atoms with Crippen LogP contribution in [-0.4, -0.2) is 21.3 Å². The number of phenolic OH excluding ortho intramolecular Hbond substituents is 2. The van der Waals surface area contributed by atoms with Crippen molar-refractivity contribution in [1.29, 1.82) is 0 Å². The fourth-order valence-corrected chi connectivity index (χ4v) is 1.72. The number of hydrogen-bond acceptors (Lipinski definition) is 4. The molecule has 2 aromatic rings. The van der Waals surface area contributed by atoms with Crippen LogP contribution in [0.5, 0.6) is 11.5 Å². The van der Waals surface area contributed by atoms with E-state index in [1.807, 2.05) is 0 Å². The van der Waals surface area contributed by atoms with E-state index < -0.39 is 23.2 Å². The van der Waals surface area contributed by atoms with Crippen LogP contribution in [0, 0.1) is 11.6 Å². The van der Waals surface area contributed by atoms with E-state index >= 15 is 0 Å². The molecule has 0 unspecified atom stereocenters. The SMILES string of the molecule is O=C(O)c1cc(NCc2ccc(O)c(O)c2)c(F)cc1F. The zero-order valence-corrected chi connectivity index (χ0v) is 10.6. The van der Waals surface area contributed by atoms with Crippen molar-refractivity contribution in [2.75, 3.05) is 5.32 Å². The third kappa shape index (κ3) is 3.19. The highest BCUT2D eigenvalue weighted by Crippen LogP contribution is 2.26. The van der Waals surface area contributed by atoms with Gasteiger partial charge in [0.05, 0.1) is 11.3 Å². The van der Waals surface area contributed by atoms with Gasteiger partial charge in [-0.25, -0.2) is 13.6 Å². The molecule has 0 spiro atoms. The highest BCUT2D eigenvalue weighted by atomic mass is 19.1. The average Bonchev–Trinajstić information content (AvgIpc) is 2.41. The predicted octanol–water partition coefficient (Wildman–Crippen LogP) is 2.69. The first-order valence-electron chi connectivity index (χ1n) is 5.85. The molecule has 2 rings (SSSR count). The van der Waals surface area contributed by atoms with Crippen LogP contribution in [0.3, 0.4) is 0 Å². The molecule has 0 aromatic heterocycles. The number of rotatable bonds is 4. The van der Waals surface area contributed by atoms with E-state index in [2.05, 4.69) is 5.32 Å². The highest BCUT2D eigenvalue weighted by Gasteiger charge is 2.15. The van der Waals surface area contributed by atoms with Crippen LogP contribution in [0.4, 0.5) is 14.5 Å². The predicted molar refractivity (Wildman–Crippen MR) is 70.4 cm³/mol. The van der Waals surface area contributed by atoms with Crippen LogP contribution < -0.4 is 5.32 Å². The summed E-state index contributed by atoms with van der Waals surface area (Å²) in [6.45, 7) is 0.0510. The molecule has 2 aromatic carbocycles. The Bertz CT molecular complexity index is 704. The standard InChI is InChI=1S/C14H11F2NO4/c15-9-5-10(16)11(4-8(9)14(20)21)17-6-7-1-2-12(18)13(19)3-7/h1-5,17-19H,6H2,(H,20,21). The molecule has 0 fully saturated rings. The topological polar surface area (TPSA) is 89.8 Å². The Hall–Kier alpha value is -2.83. The number of benzene rings is 2. The molecular formula is C14H11F2NO4. The molecule has 5 nitrogen and oxygen atoms in total. The number of anilines is 1. The number of carboxylic acids is 1. The van der Waals surface area contributed by atoms with E-state index in [9.17, 15) is 18.7 Å². The number of phenols is 2. The van der Waals surface area contributed by atoms with Gasteiger partial charge < -0.3 is 20.6 Å². The third-order valence-electron chi connectivity index (χ3n) is 2.81. The molecule has 0 atom stereocenters. The summed E-state index contributed by atoms with van der Waals surface area (Å²) in [5, 5.41) is 29.9. The maximum absolute atomic E-state index is 13.6. The summed E-state index contributed by atoms with van der Waals surface area (Å²) in [5.41, 5.74) is -0.306. The molecule has 0 heterocycles. The number of hydrogen-bond donors (Lipinski definition) is 4. The summed E-state index contributed by atoms with van der Waals surface area (Å²) < 4.78 is 26.8. The molecule has 0 amide bonds. The Morgan fingerprint density at radius 3 is 2.38 bits per heavy atom. The van der Waals surface area contributed by atoms with Gasteiger partial charge in [-0.3, -0.25) is 0 Å². The first-order chi connectivity index (χ1) is 9.88. The highest BCUT2D eigenvalue weighted by molar-refractivity contribution is 5.89. The van der Waals surface area contributed by atoms with Gasteiger partial charge in [0.2, 0.25) is 0 Å². The Labute approximate surface area is 118 Å². The zero-order valence-electron chi connectivity index (χ0n) is 10.6. The second-order valence-electron chi connectivity index (χ2n) is 4.29. The van der Waals surface area contributed by atoms with Crippen molar-refractivity contribution in [3.05, 3.63) is 53.1 Å². The molecule has 110 valence electrons. The fourth-order valence-electron chi connectivity index (χ4n) is 1.72. The first kappa shape index (κ1) is 14.6. The number of aromatic hydroxyl groups is 2. The van der Waals surface area contributed by atoms with Crippen molar-refractivity contribution in [2.45, 2.75) is 6.54 Å². The number of nitrogens with one attached hydrogen (secondary N) is 1. The molecule has 0 saturated heterocycles. The third-order valence-corrected chi connectivity index (χ3v) is 2.81. The van der Waals surface area contributed by atoms with Gasteiger partial charge in [-0.1, -0.05) is 6.07 Å².